The molecule has 16 heavy (non-hydrogen) atoms. The van der Waals surface area contributed by atoms with Gasteiger partial charge in [0.05, 0.1) is 5.52 Å². The van der Waals surface area contributed by atoms with Crippen molar-refractivity contribution in [3.05, 3.63) is 30.1 Å². The highest BCUT2D eigenvalue weighted by atomic mass is 32.2. The van der Waals surface area contributed by atoms with Crippen LogP contribution in [0, 0.1) is 0 Å². The van der Waals surface area contributed by atoms with E-state index in [0.29, 0.717) is 5.52 Å². The summed E-state index contributed by atoms with van der Waals surface area (Å²) in [7, 11) is -3.60. The predicted molar refractivity (Wildman–Crippen MR) is 55.3 cm³/mol. The first-order valence-electron chi connectivity index (χ1n) is 4.31. The first-order chi connectivity index (χ1) is 7.39. The lowest BCUT2D eigenvalue weighted by molar-refractivity contribution is 0.0684. The van der Waals surface area contributed by atoms with Crippen molar-refractivity contribution in [1.29, 1.82) is 0 Å². The molecule has 2 rings (SSSR count). The quantitative estimate of drug-likeness (QED) is 0.822. The minimum absolute atomic E-state index is 0.272. The van der Waals surface area contributed by atoms with Crippen LogP contribution < -0.4 is 0 Å². The fourth-order valence-corrected chi connectivity index (χ4v) is 2.20. The normalized spacial score (nSPS) is 11.8. The molecular formula is C9H8N2O4S. The SMILES string of the molecule is CS(=O)(=O)c1cc2cccn2nc1C(=O)O. The zero-order valence-electron chi connectivity index (χ0n) is 8.28. The van der Waals surface area contributed by atoms with Gasteiger partial charge in [-0.3, -0.25) is 0 Å². The molecule has 0 amide bonds. The number of carbonyl (C=O) groups is 1. The van der Waals surface area contributed by atoms with Gasteiger partial charge in [-0.25, -0.2) is 17.7 Å². The first-order valence-corrected chi connectivity index (χ1v) is 6.20. The summed E-state index contributed by atoms with van der Waals surface area (Å²) in [4.78, 5) is 10.6. The number of aromatic carboxylic acids is 1. The van der Waals surface area contributed by atoms with Crippen molar-refractivity contribution in [2.45, 2.75) is 4.90 Å². The van der Waals surface area contributed by atoms with E-state index in [0.717, 1.165) is 6.26 Å². The van der Waals surface area contributed by atoms with E-state index in [-0.39, 0.29) is 4.90 Å². The fourth-order valence-electron chi connectivity index (χ4n) is 1.38. The summed E-state index contributed by atoms with van der Waals surface area (Å²) in [6.45, 7) is 0. The summed E-state index contributed by atoms with van der Waals surface area (Å²) >= 11 is 0. The maximum Gasteiger partial charge on any atom is 0.357 e. The van der Waals surface area contributed by atoms with E-state index < -0.39 is 21.5 Å². The van der Waals surface area contributed by atoms with E-state index in [1.54, 1.807) is 18.3 Å². The van der Waals surface area contributed by atoms with Crippen LogP contribution in [-0.4, -0.2) is 35.4 Å². The summed E-state index contributed by atoms with van der Waals surface area (Å²) < 4.78 is 24.1. The van der Waals surface area contributed by atoms with Gasteiger partial charge in [0.15, 0.2) is 15.5 Å². The van der Waals surface area contributed by atoms with Gasteiger partial charge in [0, 0.05) is 12.5 Å². The average Bonchev–Trinajstić information content (AvgIpc) is 2.60. The number of carboxylic acid groups (broad SMARTS) is 1. The van der Waals surface area contributed by atoms with E-state index in [1.165, 1.54) is 10.6 Å². The molecule has 0 spiro atoms. The number of nitrogens with zero attached hydrogens (tertiary/aromatic N) is 2. The minimum Gasteiger partial charge on any atom is -0.476 e. The third-order valence-corrected chi connectivity index (χ3v) is 3.19. The van der Waals surface area contributed by atoms with Gasteiger partial charge in [-0.1, -0.05) is 0 Å². The molecule has 2 heterocycles. The maximum absolute atomic E-state index is 11.4. The lowest BCUT2D eigenvalue weighted by atomic mass is 10.3. The summed E-state index contributed by atoms with van der Waals surface area (Å²) in [6, 6.07) is 4.60. The average molecular weight is 240 g/mol. The standard InChI is InChI=1S/C9H8N2O4S/c1-16(14,15)7-5-6-3-2-4-11(6)10-8(7)9(12)13/h2-5H,1H3,(H,12,13). The number of carboxylic acids is 1. The Labute approximate surface area is 91.0 Å². The smallest absolute Gasteiger partial charge is 0.357 e. The van der Waals surface area contributed by atoms with Gasteiger partial charge in [-0.15, -0.1) is 0 Å². The zero-order valence-corrected chi connectivity index (χ0v) is 9.10. The Morgan fingerprint density at radius 3 is 2.75 bits per heavy atom. The second-order valence-corrected chi connectivity index (χ2v) is 5.30. The Kier molecular flexibility index (Phi) is 2.20. The summed E-state index contributed by atoms with van der Waals surface area (Å²) in [5.41, 5.74) is 0.0663. The van der Waals surface area contributed by atoms with Gasteiger partial charge in [0.1, 0.15) is 4.90 Å². The number of rotatable bonds is 2. The molecule has 1 N–H and O–H groups in total. The molecule has 0 radical (unpaired) electrons. The summed E-state index contributed by atoms with van der Waals surface area (Å²) in [5.74, 6) is -1.36. The number of aromatic nitrogens is 2. The molecule has 6 nitrogen and oxygen atoms in total. The van der Waals surface area contributed by atoms with Crippen molar-refractivity contribution >= 4 is 21.3 Å². The molecule has 0 aliphatic heterocycles. The Balaban J connectivity index is 2.88. The Morgan fingerprint density at radius 1 is 1.50 bits per heavy atom. The second kappa shape index (κ2) is 3.31. The highest BCUT2D eigenvalue weighted by Crippen LogP contribution is 2.16. The van der Waals surface area contributed by atoms with Crippen molar-refractivity contribution < 1.29 is 18.3 Å². The molecule has 0 aliphatic carbocycles. The van der Waals surface area contributed by atoms with Crippen LogP contribution in [-0.2, 0) is 9.84 Å². The number of hydrogen-bond donors (Lipinski definition) is 1. The van der Waals surface area contributed by atoms with Gasteiger partial charge in [-0.05, 0) is 18.2 Å². The van der Waals surface area contributed by atoms with Crippen LogP contribution in [0.2, 0.25) is 0 Å². The lowest BCUT2D eigenvalue weighted by Crippen LogP contribution is -2.12. The maximum atomic E-state index is 11.4. The first kappa shape index (κ1) is 10.6. The topological polar surface area (TPSA) is 88.7 Å². The number of sulfone groups is 1. The van der Waals surface area contributed by atoms with Crippen LogP contribution in [0.5, 0.6) is 0 Å². The van der Waals surface area contributed by atoms with E-state index in [9.17, 15) is 13.2 Å². The van der Waals surface area contributed by atoms with Crippen molar-refractivity contribution in [1.82, 2.24) is 9.61 Å². The molecule has 0 saturated heterocycles. The van der Waals surface area contributed by atoms with E-state index in [1.807, 2.05) is 0 Å². The van der Waals surface area contributed by atoms with Gasteiger partial charge in [-0.2, -0.15) is 5.10 Å². The third kappa shape index (κ3) is 1.65. The second-order valence-electron chi connectivity index (χ2n) is 3.31. The van der Waals surface area contributed by atoms with Crippen LogP contribution in [0.4, 0.5) is 0 Å². The molecule has 0 saturated carbocycles. The Morgan fingerprint density at radius 2 is 2.19 bits per heavy atom. The van der Waals surface area contributed by atoms with Crippen molar-refractivity contribution in [3.63, 3.8) is 0 Å². The molecule has 2 aromatic heterocycles. The molecule has 7 heteroatoms. The van der Waals surface area contributed by atoms with Crippen molar-refractivity contribution in [2.75, 3.05) is 6.26 Å². The molecule has 0 fully saturated rings. The monoisotopic (exact) mass is 240 g/mol. The Hall–Kier alpha value is -1.89. The van der Waals surface area contributed by atoms with Crippen molar-refractivity contribution in [3.8, 4) is 0 Å². The number of hydrogen-bond acceptors (Lipinski definition) is 4. The summed E-state index contributed by atoms with van der Waals surface area (Å²) in [5, 5.41) is 12.6. The van der Waals surface area contributed by atoms with Gasteiger partial charge in [0.25, 0.3) is 0 Å². The predicted octanol–water partition coefficient (Wildman–Crippen LogP) is 0.436. The molecular weight excluding hydrogens is 232 g/mol. The van der Waals surface area contributed by atoms with E-state index >= 15 is 0 Å². The van der Waals surface area contributed by atoms with Crippen molar-refractivity contribution in [2.24, 2.45) is 0 Å². The van der Waals surface area contributed by atoms with Crippen LogP contribution >= 0.6 is 0 Å². The van der Waals surface area contributed by atoms with Crippen LogP contribution in [0.1, 0.15) is 10.5 Å². The molecule has 84 valence electrons. The molecule has 0 unspecified atom stereocenters. The number of fused-ring (bicyclic) bond motifs is 1. The fraction of sp³-hybridized carbons (Fsp3) is 0.111. The largest absolute Gasteiger partial charge is 0.476 e. The highest BCUT2D eigenvalue weighted by molar-refractivity contribution is 7.90. The molecule has 0 aromatic carbocycles. The lowest BCUT2D eigenvalue weighted by Gasteiger charge is -2.04. The zero-order chi connectivity index (χ0) is 11.9. The van der Waals surface area contributed by atoms with Gasteiger partial charge >= 0.3 is 5.97 Å². The molecule has 0 bridgehead atoms. The van der Waals surface area contributed by atoms with Gasteiger partial charge < -0.3 is 5.11 Å². The van der Waals surface area contributed by atoms with Crippen LogP contribution in [0.25, 0.3) is 5.52 Å². The molecule has 2 aromatic rings. The summed E-state index contributed by atoms with van der Waals surface area (Å²) in [6.07, 6.45) is 2.50. The molecule has 0 aliphatic rings. The van der Waals surface area contributed by atoms with Gasteiger partial charge in [0.2, 0.25) is 0 Å². The van der Waals surface area contributed by atoms with Crippen LogP contribution in [0.15, 0.2) is 29.3 Å². The van der Waals surface area contributed by atoms with E-state index in [2.05, 4.69) is 5.10 Å². The molecule has 0 atom stereocenters. The highest BCUT2D eigenvalue weighted by Gasteiger charge is 2.21. The minimum atomic E-state index is -3.60. The Bertz CT molecular complexity index is 672. The van der Waals surface area contributed by atoms with Crippen LogP contribution in [0.3, 0.4) is 0 Å². The van der Waals surface area contributed by atoms with E-state index in [4.69, 9.17) is 5.11 Å². The third-order valence-electron chi connectivity index (χ3n) is 2.08.